The molecule has 6 N–H and O–H groups in total. The number of carboxylic acid groups (broad SMARTS) is 2. The van der Waals surface area contributed by atoms with Gasteiger partial charge in [0.2, 0.25) is 0 Å². The molecule has 0 saturated heterocycles. The molecule has 0 aromatic heterocycles. The molecule has 154 valence electrons. The summed E-state index contributed by atoms with van der Waals surface area (Å²) in [6, 6.07) is 0. The van der Waals surface area contributed by atoms with Gasteiger partial charge in [0.1, 0.15) is 11.6 Å². The second kappa shape index (κ2) is 23.5. The summed E-state index contributed by atoms with van der Waals surface area (Å²) in [6.45, 7) is 7.07. The van der Waals surface area contributed by atoms with Gasteiger partial charge in [0.05, 0.1) is 12.8 Å². The maximum atomic E-state index is 10.8. The van der Waals surface area contributed by atoms with Crippen molar-refractivity contribution in [3.63, 3.8) is 0 Å². The molecule has 0 spiro atoms. The molecule has 0 unspecified atom stereocenters. The predicted molar refractivity (Wildman–Crippen MR) is 95.7 cm³/mol. The number of halogens is 2. The first kappa shape index (κ1) is 35.6. The van der Waals surface area contributed by atoms with Crippen molar-refractivity contribution in [1.82, 2.24) is 0 Å². The van der Waals surface area contributed by atoms with E-state index in [-0.39, 0.29) is 61.4 Å². The molecule has 11 heteroatoms. The summed E-state index contributed by atoms with van der Waals surface area (Å²) in [7, 11) is 9.75. The topological polar surface area (TPSA) is 176 Å². The summed E-state index contributed by atoms with van der Waals surface area (Å²) >= 11 is -0.472. The molecule has 0 aliphatic rings. The van der Waals surface area contributed by atoms with Gasteiger partial charge in [-0.3, -0.25) is 19.2 Å². The molecule has 0 amide bonds. The van der Waals surface area contributed by atoms with E-state index in [2.05, 4.69) is 0 Å². The largest absolute Gasteiger partial charge is 0.693 e. The van der Waals surface area contributed by atoms with Gasteiger partial charge < -0.3 is 22.5 Å². The van der Waals surface area contributed by atoms with Crippen LogP contribution in [0.4, 0.5) is 0 Å². The molecule has 0 aliphatic carbocycles. The zero-order valence-electron chi connectivity index (χ0n) is 14.7. The number of carboxylic acids is 2. The third kappa shape index (κ3) is 35.4. The quantitative estimate of drug-likeness (QED) is 0.406. The predicted octanol–water partition coefficient (Wildman–Crippen LogP) is 4.96. The summed E-state index contributed by atoms with van der Waals surface area (Å²) in [5.41, 5.74) is 0. The fourth-order valence-corrected chi connectivity index (χ4v) is 1.04. The Kier molecular flexibility index (Phi) is 33.4. The second-order valence-corrected chi connectivity index (χ2v) is 8.36. The van der Waals surface area contributed by atoms with Crippen molar-refractivity contribution in [2.24, 2.45) is 11.8 Å². The smallest absolute Gasteiger partial charge is 0.693 e. The molecule has 0 fully saturated rings. The zero-order valence-corrected chi connectivity index (χ0v) is 18.5. The number of hydrogen-bond acceptors (Lipinski definition) is 4. The summed E-state index contributed by atoms with van der Waals surface area (Å²) in [6.07, 6.45) is 0.230. The Hall–Kier alpha value is -0.532. The zero-order chi connectivity index (χ0) is 19.0. The Morgan fingerprint density at radius 1 is 0.720 bits per heavy atom. The van der Waals surface area contributed by atoms with E-state index in [0.29, 0.717) is 0 Å². The van der Waals surface area contributed by atoms with E-state index in [0.717, 1.165) is 0 Å². The van der Waals surface area contributed by atoms with E-state index in [4.69, 9.17) is 29.0 Å². The van der Waals surface area contributed by atoms with Crippen LogP contribution in [0, 0.1) is 11.8 Å². The maximum Gasteiger partial charge on any atom is -0.693 e. The van der Waals surface area contributed by atoms with Gasteiger partial charge in [0.25, 0.3) is 0 Å². The van der Waals surface area contributed by atoms with Crippen molar-refractivity contribution in [3.8, 4) is 0 Å². The molecule has 0 aliphatic heterocycles. The van der Waals surface area contributed by atoms with Gasteiger partial charge in [-0.05, 0) is 0 Å². The van der Waals surface area contributed by atoms with Crippen LogP contribution in [0.3, 0.4) is 0 Å². The number of aliphatic carboxylic acids is 2. The average molecular weight is 586 g/mol. The molecule has 0 bridgehead atoms. The summed E-state index contributed by atoms with van der Waals surface area (Å²) < 4.78 is 0. The summed E-state index contributed by atoms with van der Waals surface area (Å²) in [4.78, 5) is 41.5. The van der Waals surface area contributed by atoms with Crippen molar-refractivity contribution in [2.45, 2.75) is 53.4 Å². The molecule has 25 heavy (non-hydrogen) atoms. The van der Waals surface area contributed by atoms with Crippen molar-refractivity contribution in [2.75, 3.05) is 0 Å². The maximum absolute atomic E-state index is 10.8. The van der Waals surface area contributed by atoms with Crippen LogP contribution in [-0.4, -0.2) is 33.7 Å². The van der Waals surface area contributed by atoms with Gasteiger partial charge in [0, 0.05) is 24.7 Å². The molecule has 0 atom stereocenters. The minimum Gasteiger partial charge on any atom is -0.693 e. The number of carbonyl (C=O) groups is 4. The molecule has 8 nitrogen and oxygen atoms in total. The fourth-order valence-electron chi connectivity index (χ4n) is 1.04. The number of Topliss-reactive ketones (excluding diaryl/α,β-unsaturated/α-hetero) is 2. The van der Waals surface area contributed by atoms with Crippen molar-refractivity contribution in [3.05, 3.63) is 12.3 Å². The molecular formula is C14H28Cl2N2O6Pt. The van der Waals surface area contributed by atoms with Crippen LogP contribution < -0.4 is 0 Å². The van der Waals surface area contributed by atoms with Crippen molar-refractivity contribution >= 4 is 42.3 Å². The standard InChI is InChI=1S/2C7H12O3.2ClH.2H2N.Pt/c2*1-5(2)6(8)3-4-7(9)10;;;;;/h2*5H,3-4H2,1-2H3,(H,9,10);2*1H;2*1H2;/q;;;;2*-1;+4/p-2. The van der Waals surface area contributed by atoms with Gasteiger partial charge in [-0.2, -0.15) is 0 Å². The molecular weight excluding hydrogens is 558 g/mol. The Balaban J connectivity index is -0.0000000861. The third-order valence-corrected chi connectivity index (χ3v) is 2.46. The molecule has 0 radical (unpaired) electrons. The van der Waals surface area contributed by atoms with Gasteiger partial charge >= 0.3 is 47.3 Å². The van der Waals surface area contributed by atoms with Gasteiger partial charge in [0.15, 0.2) is 0 Å². The van der Waals surface area contributed by atoms with Crippen LogP contribution >= 0.6 is 18.8 Å². The van der Waals surface area contributed by atoms with E-state index in [1.807, 2.05) is 0 Å². The second-order valence-electron chi connectivity index (χ2n) is 5.07. The van der Waals surface area contributed by atoms with Crippen molar-refractivity contribution < 1.29 is 45.9 Å². The Morgan fingerprint density at radius 2 is 0.920 bits per heavy atom. The Labute approximate surface area is 165 Å². The van der Waals surface area contributed by atoms with Crippen LogP contribution in [0.5, 0.6) is 0 Å². The van der Waals surface area contributed by atoms with E-state index in [1.165, 1.54) is 0 Å². The molecule has 0 aromatic carbocycles. The number of nitrogens with two attached hydrogens (primary N) is 2. The first-order chi connectivity index (χ1) is 10.5. The van der Waals surface area contributed by atoms with Crippen molar-refractivity contribution in [1.29, 1.82) is 0 Å². The summed E-state index contributed by atoms with van der Waals surface area (Å²) in [5, 5.41) is 16.4. The molecule has 0 heterocycles. The minimum atomic E-state index is -0.908. The Bertz CT molecular complexity index is 348. The first-order valence-corrected chi connectivity index (χ1v) is 12.4. The molecule has 0 saturated carbocycles. The van der Waals surface area contributed by atoms with E-state index < -0.39 is 28.4 Å². The third-order valence-electron chi connectivity index (χ3n) is 2.46. The number of rotatable bonds is 8. The number of ketones is 2. The summed E-state index contributed by atoms with van der Waals surface area (Å²) in [5.74, 6) is -1.87. The molecule has 0 rings (SSSR count). The molecule has 0 aromatic rings. The fraction of sp³-hybridized carbons (Fsp3) is 0.714. The van der Waals surface area contributed by atoms with E-state index in [1.54, 1.807) is 27.7 Å². The minimum absolute atomic E-state index is 0. The van der Waals surface area contributed by atoms with E-state index in [9.17, 15) is 19.2 Å². The normalized spacial score (nSPS) is 8.80. The van der Waals surface area contributed by atoms with Crippen LogP contribution in [0.1, 0.15) is 53.4 Å². The van der Waals surface area contributed by atoms with E-state index >= 15 is 0 Å². The average Bonchev–Trinajstić information content (AvgIpc) is 2.43. The van der Waals surface area contributed by atoms with Crippen LogP contribution in [-0.2, 0) is 35.7 Å². The van der Waals surface area contributed by atoms with Gasteiger partial charge in [-0.15, -0.1) is 0 Å². The van der Waals surface area contributed by atoms with Gasteiger partial charge in [-0.25, -0.2) is 0 Å². The SMILES string of the molecule is CC(C)C(=O)CCC(=O)O.CC(C)C(=O)CCC(=O)O.[Cl][Pt+2][Cl].[NH2-].[NH2-]. The number of carbonyl (C=O) groups excluding carboxylic acids is 2. The Morgan fingerprint density at radius 3 is 1.04 bits per heavy atom. The van der Waals surface area contributed by atoms with Gasteiger partial charge in [-0.1, -0.05) is 27.7 Å². The van der Waals surface area contributed by atoms with Crippen LogP contribution in [0.25, 0.3) is 12.3 Å². The first-order valence-electron chi connectivity index (χ1n) is 6.80. The monoisotopic (exact) mass is 585 g/mol. The van der Waals surface area contributed by atoms with Crippen LogP contribution in [0.15, 0.2) is 0 Å². The van der Waals surface area contributed by atoms with Crippen LogP contribution in [0.2, 0.25) is 0 Å². The number of hydrogen-bond donors (Lipinski definition) is 2.